The van der Waals surface area contributed by atoms with E-state index in [9.17, 15) is 4.79 Å². The molecule has 0 saturated heterocycles. The molecule has 0 unspecified atom stereocenters. The molecular weight excluding hydrogens is 212 g/mol. The number of Topliss-reactive ketones (excluding diaryl/α,β-unsaturated/α-hetero) is 1. The summed E-state index contributed by atoms with van der Waals surface area (Å²) in [4.78, 5) is 11.4. The van der Waals surface area contributed by atoms with Crippen LogP contribution >= 0.6 is 0 Å². The maximum atomic E-state index is 11.4. The maximum Gasteiger partial charge on any atom is 0.136 e. The summed E-state index contributed by atoms with van der Waals surface area (Å²) in [5.41, 5.74) is 1.16. The van der Waals surface area contributed by atoms with Crippen molar-refractivity contribution >= 4 is 5.78 Å². The van der Waals surface area contributed by atoms with Crippen LogP contribution in [0.2, 0.25) is 0 Å². The summed E-state index contributed by atoms with van der Waals surface area (Å²) in [6.07, 6.45) is 7.58. The van der Waals surface area contributed by atoms with Crippen molar-refractivity contribution in [3.8, 4) is 18.1 Å². The zero-order valence-corrected chi connectivity index (χ0v) is 10.2. The maximum absolute atomic E-state index is 11.4. The Labute approximate surface area is 103 Å². The van der Waals surface area contributed by atoms with E-state index in [0.717, 1.165) is 17.7 Å². The summed E-state index contributed by atoms with van der Waals surface area (Å²) in [6, 6.07) is 7.82. The molecule has 0 saturated carbocycles. The normalized spacial score (nSPS) is 9.65. The molecular formula is C15H18O2. The molecule has 0 radical (unpaired) electrons. The number of rotatable bonds is 7. The largest absolute Gasteiger partial charge is 0.493 e. The standard InChI is InChI=1S/C15H18O2/c1-3-4-5-8-14(16)10-11-17-15-9-6-7-13(2)12-15/h1,6-7,9,12H,4-5,8,10-11H2,2H3. The Kier molecular flexibility index (Phi) is 5.88. The molecule has 2 nitrogen and oxygen atoms in total. The summed E-state index contributed by atoms with van der Waals surface area (Å²) < 4.78 is 5.50. The third-order valence-electron chi connectivity index (χ3n) is 2.42. The smallest absolute Gasteiger partial charge is 0.136 e. The first-order chi connectivity index (χ1) is 8.22. The van der Waals surface area contributed by atoms with Crippen LogP contribution in [-0.2, 0) is 4.79 Å². The van der Waals surface area contributed by atoms with E-state index in [1.54, 1.807) is 0 Å². The summed E-state index contributed by atoms with van der Waals surface area (Å²) in [7, 11) is 0. The molecule has 0 fully saturated rings. The third-order valence-corrected chi connectivity index (χ3v) is 2.42. The minimum Gasteiger partial charge on any atom is -0.493 e. The predicted molar refractivity (Wildman–Crippen MR) is 69.0 cm³/mol. The van der Waals surface area contributed by atoms with Gasteiger partial charge in [-0.05, 0) is 31.0 Å². The van der Waals surface area contributed by atoms with Gasteiger partial charge in [0.2, 0.25) is 0 Å². The highest BCUT2D eigenvalue weighted by atomic mass is 16.5. The molecule has 2 heteroatoms. The van der Waals surface area contributed by atoms with Gasteiger partial charge in [-0.3, -0.25) is 4.79 Å². The van der Waals surface area contributed by atoms with Gasteiger partial charge in [0.15, 0.2) is 0 Å². The van der Waals surface area contributed by atoms with Crippen LogP contribution in [0.4, 0.5) is 0 Å². The number of ketones is 1. The van der Waals surface area contributed by atoms with E-state index in [1.807, 2.05) is 31.2 Å². The number of ether oxygens (including phenoxy) is 1. The van der Waals surface area contributed by atoms with Crippen molar-refractivity contribution in [1.29, 1.82) is 0 Å². The number of benzene rings is 1. The van der Waals surface area contributed by atoms with Gasteiger partial charge >= 0.3 is 0 Å². The van der Waals surface area contributed by atoms with Gasteiger partial charge in [-0.1, -0.05) is 12.1 Å². The Bertz CT molecular complexity index is 402. The van der Waals surface area contributed by atoms with Crippen molar-refractivity contribution < 1.29 is 9.53 Å². The van der Waals surface area contributed by atoms with Crippen LogP contribution in [0.5, 0.6) is 5.75 Å². The lowest BCUT2D eigenvalue weighted by molar-refractivity contribution is -0.119. The summed E-state index contributed by atoms with van der Waals surface area (Å²) in [5, 5.41) is 0. The van der Waals surface area contributed by atoms with E-state index in [2.05, 4.69) is 5.92 Å². The fraction of sp³-hybridized carbons (Fsp3) is 0.400. The molecule has 0 aliphatic rings. The van der Waals surface area contributed by atoms with E-state index in [-0.39, 0.29) is 5.78 Å². The molecule has 0 N–H and O–H groups in total. The van der Waals surface area contributed by atoms with Gasteiger partial charge in [0.05, 0.1) is 6.61 Å². The second-order valence-corrected chi connectivity index (χ2v) is 4.01. The lowest BCUT2D eigenvalue weighted by atomic mass is 10.1. The molecule has 90 valence electrons. The van der Waals surface area contributed by atoms with Crippen molar-refractivity contribution in [2.75, 3.05) is 6.61 Å². The van der Waals surface area contributed by atoms with Crippen molar-refractivity contribution in [3.63, 3.8) is 0 Å². The average molecular weight is 230 g/mol. The molecule has 0 aliphatic carbocycles. The van der Waals surface area contributed by atoms with Crippen molar-refractivity contribution in [2.24, 2.45) is 0 Å². The fourth-order valence-corrected chi connectivity index (χ4v) is 1.50. The number of unbranched alkanes of at least 4 members (excludes halogenated alkanes) is 1. The Morgan fingerprint density at radius 1 is 1.41 bits per heavy atom. The Balaban J connectivity index is 2.19. The van der Waals surface area contributed by atoms with Crippen LogP contribution in [0.15, 0.2) is 24.3 Å². The number of carbonyl (C=O) groups is 1. The highest BCUT2D eigenvalue weighted by molar-refractivity contribution is 5.78. The second-order valence-electron chi connectivity index (χ2n) is 4.01. The Hall–Kier alpha value is -1.75. The lowest BCUT2D eigenvalue weighted by Crippen LogP contribution is -2.06. The summed E-state index contributed by atoms with van der Waals surface area (Å²) >= 11 is 0. The quantitative estimate of drug-likeness (QED) is 0.531. The summed E-state index contributed by atoms with van der Waals surface area (Å²) in [5.74, 6) is 3.56. The predicted octanol–water partition coefficient (Wildman–Crippen LogP) is 3.14. The molecule has 0 spiro atoms. The number of hydrogen-bond donors (Lipinski definition) is 0. The fourth-order valence-electron chi connectivity index (χ4n) is 1.50. The third kappa shape index (κ3) is 5.77. The van der Waals surface area contributed by atoms with Crippen molar-refractivity contribution in [2.45, 2.75) is 32.6 Å². The number of aryl methyl sites for hydroxylation is 1. The first-order valence-corrected chi connectivity index (χ1v) is 5.87. The van der Waals surface area contributed by atoms with Crippen LogP contribution in [0, 0.1) is 19.3 Å². The van der Waals surface area contributed by atoms with Crippen LogP contribution in [0.3, 0.4) is 0 Å². The molecule has 0 aliphatic heterocycles. The van der Waals surface area contributed by atoms with Gasteiger partial charge in [-0.15, -0.1) is 12.3 Å². The van der Waals surface area contributed by atoms with E-state index < -0.39 is 0 Å². The van der Waals surface area contributed by atoms with E-state index >= 15 is 0 Å². The zero-order valence-electron chi connectivity index (χ0n) is 10.2. The molecule has 0 aromatic heterocycles. The highest BCUT2D eigenvalue weighted by Gasteiger charge is 2.02. The molecule has 0 bridgehead atoms. The SMILES string of the molecule is C#CCCCC(=O)CCOc1cccc(C)c1. The average Bonchev–Trinajstić information content (AvgIpc) is 2.29. The molecule has 17 heavy (non-hydrogen) atoms. The molecule has 1 aromatic rings. The van der Waals surface area contributed by atoms with E-state index in [0.29, 0.717) is 25.9 Å². The van der Waals surface area contributed by atoms with Gasteiger partial charge in [-0.25, -0.2) is 0 Å². The Morgan fingerprint density at radius 2 is 2.24 bits per heavy atom. The molecule has 0 heterocycles. The summed E-state index contributed by atoms with van der Waals surface area (Å²) in [6.45, 7) is 2.45. The van der Waals surface area contributed by atoms with Crippen LogP contribution in [0.25, 0.3) is 0 Å². The molecule has 0 amide bonds. The zero-order chi connectivity index (χ0) is 12.5. The van der Waals surface area contributed by atoms with Gasteiger partial charge in [0, 0.05) is 19.3 Å². The van der Waals surface area contributed by atoms with Gasteiger partial charge in [0.1, 0.15) is 11.5 Å². The lowest BCUT2D eigenvalue weighted by Gasteiger charge is -2.06. The highest BCUT2D eigenvalue weighted by Crippen LogP contribution is 2.12. The second kappa shape index (κ2) is 7.51. The molecule has 0 atom stereocenters. The minimum atomic E-state index is 0.216. The number of hydrogen-bond acceptors (Lipinski definition) is 2. The van der Waals surface area contributed by atoms with Crippen LogP contribution in [0.1, 0.15) is 31.2 Å². The van der Waals surface area contributed by atoms with Gasteiger partial charge < -0.3 is 4.74 Å². The molecule has 1 rings (SSSR count). The Morgan fingerprint density at radius 3 is 2.94 bits per heavy atom. The first kappa shape index (κ1) is 13.3. The van der Waals surface area contributed by atoms with Crippen LogP contribution in [-0.4, -0.2) is 12.4 Å². The minimum absolute atomic E-state index is 0.216. The monoisotopic (exact) mass is 230 g/mol. The van der Waals surface area contributed by atoms with Crippen LogP contribution < -0.4 is 4.74 Å². The molecule has 1 aromatic carbocycles. The topological polar surface area (TPSA) is 26.3 Å². The van der Waals surface area contributed by atoms with Crippen molar-refractivity contribution in [3.05, 3.63) is 29.8 Å². The first-order valence-electron chi connectivity index (χ1n) is 5.87. The van der Waals surface area contributed by atoms with E-state index in [1.165, 1.54) is 0 Å². The van der Waals surface area contributed by atoms with Crippen molar-refractivity contribution in [1.82, 2.24) is 0 Å². The van der Waals surface area contributed by atoms with Gasteiger partial charge in [0.25, 0.3) is 0 Å². The number of carbonyl (C=O) groups excluding carboxylic acids is 1. The van der Waals surface area contributed by atoms with Gasteiger partial charge in [-0.2, -0.15) is 0 Å². The number of terminal acetylenes is 1. The van der Waals surface area contributed by atoms with E-state index in [4.69, 9.17) is 11.2 Å².